The number of sulfonamides is 1. The summed E-state index contributed by atoms with van der Waals surface area (Å²) in [5.74, 6) is -1.36. The topological polar surface area (TPSA) is 63.7 Å². The molecule has 0 spiro atoms. The largest absolute Gasteiger partial charge is 0.468 e. The van der Waals surface area contributed by atoms with Crippen LogP contribution in [0, 0.1) is 5.82 Å². The SMILES string of the molecule is COC(=O)CN(C)S(=O)(=O)Cc1ccc(F)cc1. The molecule has 1 aromatic carbocycles. The Morgan fingerprint density at radius 2 is 1.89 bits per heavy atom. The fraction of sp³-hybridized carbons (Fsp3) is 0.364. The Bertz CT molecular complexity index is 512. The van der Waals surface area contributed by atoms with Crippen molar-refractivity contribution in [1.82, 2.24) is 4.31 Å². The molecule has 0 aromatic heterocycles. The fourth-order valence-electron chi connectivity index (χ4n) is 1.25. The summed E-state index contributed by atoms with van der Waals surface area (Å²) >= 11 is 0. The van der Waals surface area contributed by atoms with Crippen LogP contribution >= 0.6 is 0 Å². The van der Waals surface area contributed by atoms with Crippen LogP contribution in [-0.2, 0) is 25.3 Å². The van der Waals surface area contributed by atoms with Gasteiger partial charge in [0.15, 0.2) is 0 Å². The summed E-state index contributed by atoms with van der Waals surface area (Å²) in [5.41, 5.74) is 0.452. The van der Waals surface area contributed by atoms with Gasteiger partial charge >= 0.3 is 5.97 Å². The van der Waals surface area contributed by atoms with Gasteiger partial charge in [-0.15, -0.1) is 0 Å². The molecule has 0 radical (unpaired) electrons. The summed E-state index contributed by atoms with van der Waals surface area (Å²) in [6.45, 7) is -0.347. The van der Waals surface area contributed by atoms with E-state index in [1.54, 1.807) is 0 Å². The van der Waals surface area contributed by atoms with Crippen molar-refractivity contribution in [3.8, 4) is 0 Å². The first-order chi connectivity index (χ1) is 8.35. The van der Waals surface area contributed by atoms with Gasteiger partial charge in [-0.1, -0.05) is 12.1 Å². The van der Waals surface area contributed by atoms with E-state index in [2.05, 4.69) is 4.74 Å². The third-order valence-electron chi connectivity index (χ3n) is 2.32. The van der Waals surface area contributed by atoms with Crippen LogP contribution in [0.25, 0.3) is 0 Å². The lowest BCUT2D eigenvalue weighted by Gasteiger charge is -2.15. The van der Waals surface area contributed by atoms with Crippen molar-refractivity contribution in [2.75, 3.05) is 20.7 Å². The van der Waals surface area contributed by atoms with Crippen LogP contribution in [0.3, 0.4) is 0 Å². The number of rotatable bonds is 5. The van der Waals surface area contributed by atoms with Gasteiger partial charge in [-0.05, 0) is 17.7 Å². The number of nitrogens with zero attached hydrogens (tertiary/aromatic N) is 1. The summed E-state index contributed by atoms with van der Waals surface area (Å²) in [4.78, 5) is 11.0. The predicted octanol–water partition coefficient (Wildman–Crippen LogP) is 0.760. The van der Waals surface area contributed by atoms with E-state index in [1.165, 1.54) is 38.4 Å². The molecule has 0 amide bonds. The highest BCUT2D eigenvalue weighted by Gasteiger charge is 2.21. The summed E-state index contributed by atoms with van der Waals surface area (Å²) in [7, 11) is -1.15. The molecule has 18 heavy (non-hydrogen) atoms. The Kier molecular flexibility index (Phi) is 4.80. The van der Waals surface area contributed by atoms with Crippen LogP contribution in [0.5, 0.6) is 0 Å². The zero-order valence-corrected chi connectivity index (χ0v) is 10.9. The molecular weight excluding hydrogens is 261 g/mol. The number of likely N-dealkylation sites (N-methyl/N-ethyl adjacent to an activating group) is 1. The fourth-order valence-corrected chi connectivity index (χ4v) is 2.38. The van der Waals surface area contributed by atoms with Crippen LogP contribution in [0.1, 0.15) is 5.56 Å². The molecule has 7 heteroatoms. The highest BCUT2D eigenvalue weighted by Crippen LogP contribution is 2.10. The molecule has 0 N–H and O–H groups in total. The lowest BCUT2D eigenvalue weighted by molar-refractivity contribution is -0.140. The first-order valence-corrected chi connectivity index (χ1v) is 6.71. The molecule has 1 aromatic rings. The van der Waals surface area contributed by atoms with E-state index in [-0.39, 0.29) is 12.3 Å². The number of esters is 1. The number of hydrogen-bond donors (Lipinski definition) is 0. The van der Waals surface area contributed by atoms with Crippen LogP contribution in [-0.4, -0.2) is 39.4 Å². The predicted molar refractivity (Wildman–Crippen MR) is 63.7 cm³/mol. The molecule has 0 bridgehead atoms. The molecule has 5 nitrogen and oxygen atoms in total. The van der Waals surface area contributed by atoms with Crippen LogP contribution in [0.15, 0.2) is 24.3 Å². The molecule has 0 saturated carbocycles. The zero-order chi connectivity index (χ0) is 13.8. The summed E-state index contributed by atoms with van der Waals surface area (Å²) in [5, 5.41) is 0. The van der Waals surface area contributed by atoms with Gasteiger partial charge in [0.05, 0.1) is 12.9 Å². The van der Waals surface area contributed by atoms with Gasteiger partial charge in [0.25, 0.3) is 0 Å². The van der Waals surface area contributed by atoms with Gasteiger partial charge in [-0.25, -0.2) is 12.8 Å². The Hall–Kier alpha value is -1.47. The lowest BCUT2D eigenvalue weighted by Crippen LogP contribution is -2.33. The quantitative estimate of drug-likeness (QED) is 0.744. The minimum Gasteiger partial charge on any atom is -0.468 e. The van der Waals surface area contributed by atoms with E-state index in [1.807, 2.05) is 0 Å². The molecule has 0 aliphatic rings. The zero-order valence-electron chi connectivity index (χ0n) is 10.1. The van der Waals surface area contributed by atoms with E-state index in [0.717, 1.165) is 4.31 Å². The monoisotopic (exact) mass is 275 g/mol. The Morgan fingerprint density at radius 3 is 2.39 bits per heavy atom. The van der Waals surface area contributed by atoms with Gasteiger partial charge in [-0.2, -0.15) is 4.31 Å². The highest BCUT2D eigenvalue weighted by atomic mass is 32.2. The molecule has 0 fully saturated rings. The number of ether oxygens (including phenoxy) is 1. The van der Waals surface area contributed by atoms with Crippen molar-refractivity contribution in [3.63, 3.8) is 0 Å². The third kappa shape index (κ3) is 4.08. The van der Waals surface area contributed by atoms with Gasteiger partial charge in [0.1, 0.15) is 12.4 Å². The number of carbonyl (C=O) groups excluding carboxylic acids is 1. The van der Waals surface area contributed by atoms with Crippen LogP contribution < -0.4 is 0 Å². The molecule has 0 heterocycles. The second kappa shape index (κ2) is 5.92. The molecule has 0 aliphatic heterocycles. The van der Waals surface area contributed by atoms with Crippen molar-refractivity contribution in [2.24, 2.45) is 0 Å². The Labute approximate surface area is 105 Å². The van der Waals surface area contributed by atoms with Crippen molar-refractivity contribution in [1.29, 1.82) is 0 Å². The second-order valence-corrected chi connectivity index (χ2v) is 5.79. The average Bonchev–Trinajstić information content (AvgIpc) is 2.31. The molecule has 0 saturated heterocycles. The summed E-state index contributed by atoms with van der Waals surface area (Å²) < 4.78 is 41.7. The maximum absolute atomic E-state index is 12.7. The van der Waals surface area contributed by atoms with E-state index in [9.17, 15) is 17.6 Å². The maximum atomic E-state index is 12.7. The smallest absolute Gasteiger partial charge is 0.320 e. The van der Waals surface area contributed by atoms with Crippen molar-refractivity contribution >= 4 is 16.0 Å². The Balaban J connectivity index is 2.75. The van der Waals surface area contributed by atoms with Crippen molar-refractivity contribution < 1.29 is 22.3 Å². The first kappa shape index (κ1) is 14.6. The van der Waals surface area contributed by atoms with Gasteiger partial charge in [-0.3, -0.25) is 4.79 Å². The van der Waals surface area contributed by atoms with Crippen molar-refractivity contribution in [2.45, 2.75) is 5.75 Å². The molecule has 1 rings (SSSR count). The van der Waals surface area contributed by atoms with Crippen molar-refractivity contribution in [3.05, 3.63) is 35.6 Å². The maximum Gasteiger partial charge on any atom is 0.320 e. The number of hydrogen-bond acceptors (Lipinski definition) is 4. The van der Waals surface area contributed by atoms with E-state index >= 15 is 0 Å². The minimum atomic E-state index is -3.62. The molecule has 0 unspecified atom stereocenters. The standard InChI is InChI=1S/C11H14FNO4S/c1-13(7-11(14)17-2)18(15,16)8-9-3-5-10(12)6-4-9/h3-6H,7-8H2,1-2H3. The van der Waals surface area contributed by atoms with E-state index < -0.39 is 21.8 Å². The molecule has 100 valence electrons. The van der Waals surface area contributed by atoms with E-state index in [0.29, 0.717) is 5.56 Å². The van der Waals surface area contributed by atoms with Gasteiger partial charge < -0.3 is 4.74 Å². The number of halogens is 1. The molecule has 0 atom stereocenters. The van der Waals surface area contributed by atoms with Gasteiger partial charge in [0.2, 0.25) is 10.0 Å². The van der Waals surface area contributed by atoms with Crippen LogP contribution in [0.2, 0.25) is 0 Å². The molecule has 0 aliphatic carbocycles. The second-order valence-electron chi connectivity index (χ2n) is 3.71. The average molecular weight is 275 g/mol. The number of methoxy groups -OCH3 is 1. The summed E-state index contributed by atoms with van der Waals surface area (Å²) in [6.07, 6.45) is 0. The number of carbonyl (C=O) groups is 1. The Morgan fingerprint density at radius 1 is 1.33 bits per heavy atom. The third-order valence-corrected chi connectivity index (χ3v) is 4.09. The lowest BCUT2D eigenvalue weighted by atomic mass is 10.2. The highest BCUT2D eigenvalue weighted by molar-refractivity contribution is 7.88. The normalized spacial score (nSPS) is 11.6. The first-order valence-electron chi connectivity index (χ1n) is 5.10. The minimum absolute atomic E-state index is 0.291. The van der Waals surface area contributed by atoms with E-state index in [4.69, 9.17) is 0 Å². The molecular formula is C11H14FNO4S. The van der Waals surface area contributed by atoms with Gasteiger partial charge in [0, 0.05) is 7.05 Å². The number of benzene rings is 1. The summed E-state index contributed by atoms with van der Waals surface area (Å²) in [6, 6.07) is 5.15. The van der Waals surface area contributed by atoms with Crippen LogP contribution in [0.4, 0.5) is 4.39 Å².